The Morgan fingerprint density at radius 2 is 1.88 bits per heavy atom. The highest BCUT2D eigenvalue weighted by molar-refractivity contribution is 5.76. The maximum absolute atomic E-state index is 6.20. The van der Waals surface area contributed by atoms with Crippen molar-refractivity contribution in [2.45, 2.75) is 59.1 Å². The Hall–Kier alpha value is -2.29. The van der Waals surface area contributed by atoms with E-state index in [0.717, 1.165) is 23.6 Å². The second-order valence-corrected chi connectivity index (χ2v) is 6.75. The van der Waals surface area contributed by atoms with Gasteiger partial charge in [-0.25, -0.2) is 4.98 Å². The number of rotatable bonds is 8. The van der Waals surface area contributed by atoms with E-state index in [9.17, 15) is 0 Å². The molecule has 0 saturated carbocycles. The minimum absolute atomic E-state index is 0.0830. The van der Waals surface area contributed by atoms with Gasteiger partial charge in [-0.15, -0.1) is 0 Å². The molecule has 25 heavy (non-hydrogen) atoms. The number of hydrogen-bond acceptors (Lipinski definition) is 2. The zero-order valence-electron chi connectivity index (χ0n) is 15.5. The standard InChI is InChI=1S/C22H28N2O/c1-4-5-6-9-15-24-21-14-8-7-13-20(21)23-22(24)18(3)25-19-12-10-11-17(2)16-19/h7-8,10-14,16,18H,4-6,9,15H2,1-3H3. The van der Waals surface area contributed by atoms with Gasteiger partial charge >= 0.3 is 0 Å². The molecule has 0 saturated heterocycles. The van der Waals surface area contributed by atoms with Gasteiger partial charge in [0.25, 0.3) is 0 Å². The molecule has 0 N–H and O–H groups in total. The fraction of sp³-hybridized carbons (Fsp3) is 0.409. The van der Waals surface area contributed by atoms with Crippen LogP contribution in [0.2, 0.25) is 0 Å². The van der Waals surface area contributed by atoms with Crippen molar-refractivity contribution >= 4 is 11.0 Å². The highest BCUT2D eigenvalue weighted by Gasteiger charge is 2.17. The van der Waals surface area contributed by atoms with Gasteiger partial charge in [0, 0.05) is 6.54 Å². The van der Waals surface area contributed by atoms with Gasteiger partial charge in [-0.2, -0.15) is 0 Å². The van der Waals surface area contributed by atoms with Crippen molar-refractivity contribution in [2.75, 3.05) is 0 Å². The van der Waals surface area contributed by atoms with Gasteiger partial charge in [0.05, 0.1) is 11.0 Å². The van der Waals surface area contributed by atoms with Crippen LogP contribution in [0.1, 0.15) is 57.0 Å². The molecular weight excluding hydrogens is 308 g/mol. The quantitative estimate of drug-likeness (QED) is 0.467. The highest BCUT2D eigenvalue weighted by Crippen LogP contribution is 2.26. The van der Waals surface area contributed by atoms with Crippen LogP contribution in [-0.4, -0.2) is 9.55 Å². The Morgan fingerprint density at radius 3 is 2.68 bits per heavy atom. The van der Waals surface area contributed by atoms with Crippen molar-refractivity contribution in [2.24, 2.45) is 0 Å². The highest BCUT2D eigenvalue weighted by atomic mass is 16.5. The summed E-state index contributed by atoms with van der Waals surface area (Å²) in [5.74, 6) is 1.91. The van der Waals surface area contributed by atoms with Gasteiger partial charge in [0.2, 0.25) is 0 Å². The number of hydrogen-bond donors (Lipinski definition) is 0. The molecular formula is C22H28N2O. The number of imidazole rings is 1. The smallest absolute Gasteiger partial charge is 0.153 e. The van der Waals surface area contributed by atoms with Crippen LogP contribution in [0.15, 0.2) is 48.5 Å². The van der Waals surface area contributed by atoms with Crippen LogP contribution in [0.3, 0.4) is 0 Å². The third-order valence-electron chi connectivity index (χ3n) is 4.59. The summed E-state index contributed by atoms with van der Waals surface area (Å²) < 4.78 is 8.53. The molecule has 3 rings (SSSR count). The first-order chi connectivity index (χ1) is 12.2. The molecule has 0 aliphatic heterocycles. The number of ether oxygens (including phenoxy) is 1. The zero-order chi connectivity index (χ0) is 17.6. The summed E-state index contributed by atoms with van der Waals surface area (Å²) in [6.45, 7) is 7.42. The van der Waals surface area contributed by atoms with E-state index in [-0.39, 0.29) is 6.10 Å². The van der Waals surface area contributed by atoms with E-state index in [1.807, 2.05) is 18.2 Å². The Morgan fingerprint density at radius 1 is 1.04 bits per heavy atom. The van der Waals surface area contributed by atoms with Crippen LogP contribution >= 0.6 is 0 Å². The average Bonchev–Trinajstić information content (AvgIpc) is 2.98. The number of para-hydroxylation sites is 2. The Balaban J connectivity index is 1.85. The summed E-state index contributed by atoms with van der Waals surface area (Å²) in [6, 6.07) is 16.6. The Bertz CT molecular complexity index is 822. The summed E-state index contributed by atoms with van der Waals surface area (Å²) in [7, 11) is 0. The van der Waals surface area contributed by atoms with E-state index in [2.05, 4.69) is 55.7 Å². The average molecular weight is 336 g/mol. The number of fused-ring (bicyclic) bond motifs is 1. The molecule has 3 nitrogen and oxygen atoms in total. The van der Waals surface area contributed by atoms with E-state index >= 15 is 0 Å². The van der Waals surface area contributed by atoms with E-state index in [4.69, 9.17) is 9.72 Å². The first-order valence-electron chi connectivity index (χ1n) is 9.37. The fourth-order valence-corrected chi connectivity index (χ4v) is 3.28. The van der Waals surface area contributed by atoms with E-state index in [1.165, 1.54) is 36.8 Å². The second-order valence-electron chi connectivity index (χ2n) is 6.75. The lowest BCUT2D eigenvalue weighted by atomic mass is 10.2. The van der Waals surface area contributed by atoms with E-state index < -0.39 is 0 Å². The lowest BCUT2D eigenvalue weighted by Crippen LogP contribution is -2.12. The van der Waals surface area contributed by atoms with Crippen molar-refractivity contribution in [3.05, 3.63) is 59.9 Å². The Labute approximate surface area is 150 Å². The van der Waals surface area contributed by atoms with Crippen molar-refractivity contribution in [1.82, 2.24) is 9.55 Å². The molecule has 3 heteroatoms. The third kappa shape index (κ3) is 4.22. The van der Waals surface area contributed by atoms with Crippen LogP contribution in [0, 0.1) is 6.92 Å². The number of aromatic nitrogens is 2. The molecule has 1 heterocycles. The topological polar surface area (TPSA) is 27.1 Å². The monoisotopic (exact) mass is 336 g/mol. The summed E-state index contributed by atoms with van der Waals surface area (Å²) in [5, 5.41) is 0. The second kappa shape index (κ2) is 8.19. The predicted molar refractivity (Wildman–Crippen MR) is 104 cm³/mol. The number of nitrogens with zero attached hydrogens (tertiary/aromatic N) is 2. The first-order valence-corrected chi connectivity index (χ1v) is 9.37. The van der Waals surface area contributed by atoms with Gasteiger partial charge in [-0.3, -0.25) is 0 Å². The summed E-state index contributed by atoms with van der Waals surface area (Å²) in [4.78, 5) is 4.87. The van der Waals surface area contributed by atoms with Gasteiger partial charge in [0.1, 0.15) is 5.75 Å². The van der Waals surface area contributed by atoms with Crippen molar-refractivity contribution in [3.63, 3.8) is 0 Å². The van der Waals surface area contributed by atoms with Crippen molar-refractivity contribution < 1.29 is 4.74 Å². The molecule has 3 aromatic rings. The summed E-state index contributed by atoms with van der Waals surface area (Å²) in [6.07, 6.45) is 4.90. The normalized spacial score (nSPS) is 12.4. The van der Waals surface area contributed by atoms with Crippen LogP contribution in [-0.2, 0) is 6.54 Å². The number of unbranched alkanes of at least 4 members (excludes halogenated alkanes) is 3. The molecule has 1 aromatic heterocycles. The fourth-order valence-electron chi connectivity index (χ4n) is 3.28. The molecule has 1 unspecified atom stereocenters. The number of benzene rings is 2. The molecule has 0 spiro atoms. The SMILES string of the molecule is CCCCCCn1c(C(C)Oc2cccc(C)c2)nc2ccccc21. The summed E-state index contributed by atoms with van der Waals surface area (Å²) in [5.41, 5.74) is 3.46. The van der Waals surface area contributed by atoms with E-state index in [0.29, 0.717) is 0 Å². The van der Waals surface area contributed by atoms with Crippen LogP contribution in [0.4, 0.5) is 0 Å². The molecule has 0 aliphatic carbocycles. The van der Waals surface area contributed by atoms with Crippen LogP contribution in [0.5, 0.6) is 5.75 Å². The molecule has 1 atom stereocenters. The predicted octanol–water partition coefficient (Wildman–Crippen LogP) is 6.07. The molecule has 0 amide bonds. The van der Waals surface area contributed by atoms with Gasteiger partial charge in [0.15, 0.2) is 11.9 Å². The van der Waals surface area contributed by atoms with Gasteiger partial charge < -0.3 is 9.30 Å². The molecule has 0 aliphatic rings. The zero-order valence-corrected chi connectivity index (χ0v) is 15.5. The minimum Gasteiger partial charge on any atom is -0.483 e. The maximum atomic E-state index is 6.20. The molecule has 0 bridgehead atoms. The van der Waals surface area contributed by atoms with Crippen molar-refractivity contribution in [3.8, 4) is 5.75 Å². The van der Waals surface area contributed by atoms with Gasteiger partial charge in [-0.05, 0) is 50.1 Å². The first kappa shape index (κ1) is 17.5. The number of aryl methyl sites for hydroxylation is 2. The lowest BCUT2D eigenvalue weighted by Gasteiger charge is -2.17. The minimum atomic E-state index is -0.0830. The molecule has 0 radical (unpaired) electrons. The van der Waals surface area contributed by atoms with Gasteiger partial charge in [-0.1, -0.05) is 50.5 Å². The Kier molecular flexibility index (Phi) is 5.75. The third-order valence-corrected chi connectivity index (χ3v) is 4.59. The molecule has 132 valence electrons. The van der Waals surface area contributed by atoms with Crippen LogP contribution in [0.25, 0.3) is 11.0 Å². The van der Waals surface area contributed by atoms with Crippen LogP contribution < -0.4 is 4.74 Å². The van der Waals surface area contributed by atoms with Crippen molar-refractivity contribution in [1.29, 1.82) is 0 Å². The molecule has 2 aromatic carbocycles. The van der Waals surface area contributed by atoms with E-state index in [1.54, 1.807) is 0 Å². The largest absolute Gasteiger partial charge is 0.483 e. The summed E-state index contributed by atoms with van der Waals surface area (Å²) >= 11 is 0. The molecule has 0 fully saturated rings. The lowest BCUT2D eigenvalue weighted by molar-refractivity contribution is 0.211. The maximum Gasteiger partial charge on any atom is 0.153 e.